The van der Waals surface area contributed by atoms with Crippen LogP contribution in [0, 0.1) is 0 Å². The van der Waals surface area contributed by atoms with Crippen LogP contribution in [-0.4, -0.2) is 29.0 Å². The van der Waals surface area contributed by atoms with E-state index in [1.807, 2.05) is 0 Å². The van der Waals surface area contributed by atoms with Gasteiger partial charge in [0, 0.05) is 12.5 Å². The summed E-state index contributed by atoms with van der Waals surface area (Å²) in [7, 11) is 0. The monoisotopic (exact) mass is 188 g/mol. The van der Waals surface area contributed by atoms with Crippen molar-refractivity contribution in [2.75, 3.05) is 13.1 Å². The summed E-state index contributed by atoms with van der Waals surface area (Å²) < 4.78 is 0. The van der Waals surface area contributed by atoms with Gasteiger partial charge >= 0.3 is 0 Å². The summed E-state index contributed by atoms with van der Waals surface area (Å²) >= 11 is 4.90. The summed E-state index contributed by atoms with van der Waals surface area (Å²) in [6.45, 7) is 8.69. The molecule has 0 spiro atoms. The van der Waals surface area contributed by atoms with Gasteiger partial charge in [-0.3, -0.25) is 0 Å². The minimum absolute atomic E-state index is 0.539. The molecule has 72 valence electrons. The third-order valence-corrected chi connectivity index (χ3v) is 2.40. The summed E-state index contributed by atoms with van der Waals surface area (Å²) in [4.78, 5) is 3.04. The van der Waals surface area contributed by atoms with Gasteiger partial charge in [-0.15, -0.1) is 0 Å². The summed E-state index contributed by atoms with van der Waals surface area (Å²) in [5.74, 6) is 0. The van der Waals surface area contributed by atoms with Crippen molar-refractivity contribution in [1.82, 2.24) is 4.90 Å². The lowest BCUT2D eigenvalue weighted by Gasteiger charge is -2.28. The van der Waals surface area contributed by atoms with Gasteiger partial charge in [-0.05, 0) is 19.5 Å². The Hall–Kier alpha value is -0.150. The van der Waals surface area contributed by atoms with Gasteiger partial charge in [-0.25, -0.2) is 0 Å². The Morgan fingerprint density at radius 2 is 1.83 bits per heavy atom. The minimum atomic E-state index is 0.539. The van der Waals surface area contributed by atoms with E-state index in [1.54, 1.807) is 0 Å². The molecule has 0 aliphatic rings. The molecule has 12 heavy (non-hydrogen) atoms. The summed E-state index contributed by atoms with van der Waals surface area (Å²) in [5.41, 5.74) is 5.52. The third kappa shape index (κ3) is 4.02. The molecule has 0 rings (SSSR count). The number of nitrogens with zero attached hydrogens (tertiary/aromatic N) is 1. The van der Waals surface area contributed by atoms with Gasteiger partial charge in [0.05, 0.1) is 4.99 Å². The molecule has 2 N–H and O–H groups in total. The van der Waals surface area contributed by atoms with Crippen LogP contribution in [0.4, 0.5) is 0 Å². The molecule has 0 saturated carbocycles. The predicted octanol–water partition coefficient (Wildman–Crippen LogP) is 1.78. The number of thiocarbonyl (C=S) groups is 1. The molecule has 0 radical (unpaired) electrons. The molecule has 0 aromatic carbocycles. The lowest BCUT2D eigenvalue weighted by atomic mass is 10.1. The molecule has 0 saturated heterocycles. The molecule has 0 aromatic heterocycles. The normalized spacial score (nSPS) is 13.3. The Balaban J connectivity index is 4.01. The summed E-state index contributed by atoms with van der Waals surface area (Å²) in [6, 6.07) is 0.539. The first kappa shape index (κ1) is 11.8. The molecular formula is C9H20N2S. The van der Waals surface area contributed by atoms with E-state index in [2.05, 4.69) is 25.7 Å². The highest BCUT2D eigenvalue weighted by Crippen LogP contribution is 2.07. The van der Waals surface area contributed by atoms with Crippen LogP contribution in [0.2, 0.25) is 0 Å². The van der Waals surface area contributed by atoms with Crippen molar-refractivity contribution in [3.05, 3.63) is 0 Å². The maximum Gasteiger partial charge on any atom is 0.0743 e. The molecule has 3 heteroatoms. The second-order valence-electron chi connectivity index (χ2n) is 2.95. The maximum atomic E-state index is 5.52. The van der Waals surface area contributed by atoms with Crippen LogP contribution in [0.3, 0.4) is 0 Å². The summed E-state index contributed by atoms with van der Waals surface area (Å²) in [6.07, 6.45) is 1.98. The second-order valence-corrected chi connectivity index (χ2v) is 3.48. The molecule has 0 aliphatic carbocycles. The number of nitrogens with two attached hydrogens (primary N) is 1. The zero-order valence-electron chi connectivity index (χ0n) is 8.34. The van der Waals surface area contributed by atoms with Crippen LogP contribution in [0.25, 0.3) is 0 Å². The Labute approximate surface area is 81.1 Å². The van der Waals surface area contributed by atoms with Crippen molar-refractivity contribution in [3.8, 4) is 0 Å². The van der Waals surface area contributed by atoms with E-state index in [4.69, 9.17) is 18.0 Å². The first-order valence-corrected chi connectivity index (χ1v) is 5.08. The average molecular weight is 188 g/mol. The average Bonchev–Trinajstić information content (AvgIpc) is 2.04. The van der Waals surface area contributed by atoms with Gasteiger partial charge in [0.1, 0.15) is 0 Å². The second kappa shape index (κ2) is 6.38. The van der Waals surface area contributed by atoms with E-state index in [-0.39, 0.29) is 0 Å². The third-order valence-electron chi connectivity index (χ3n) is 2.24. The molecule has 1 unspecified atom stereocenters. The smallest absolute Gasteiger partial charge is 0.0743 e. The molecular weight excluding hydrogens is 168 g/mol. The highest BCUT2D eigenvalue weighted by atomic mass is 32.1. The van der Waals surface area contributed by atoms with E-state index < -0.39 is 0 Å². The maximum absolute atomic E-state index is 5.52. The lowest BCUT2D eigenvalue weighted by Crippen LogP contribution is -2.37. The lowest BCUT2D eigenvalue weighted by molar-refractivity contribution is 0.216. The van der Waals surface area contributed by atoms with Gasteiger partial charge in [-0.2, -0.15) is 0 Å². The number of hydrogen-bond acceptors (Lipinski definition) is 2. The first-order chi connectivity index (χ1) is 5.65. The van der Waals surface area contributed by atoms with Crippen LogP contribution in [0.5, 0.6) is 0 Å². The fourth-order valence-corrected chi connectivity index (χ4v) is 1.70. The van der Waals surface area contributed by atoms with E-state index in [0.29, 0.717) is 11.0 Å². The first-order valence-electron chi connectivity index (χ1n) is 4.67. The van der Waals surface area contributed by atoms with Crippen molar-refractivity contribution in [3.63, 3.8) is 0 Å². The van der Waals surface area contributed by atoms with Gasteiger partial charge in [-0.1, -0.05) is 33.0 Å². The Morgan fingerprint density at radius 1 is 1.33 bits per heavy atom. The largest absolute Gasteiger partial charge is 0.393 e. The molecule has 0 fully saturated rings. The number of rotatable bonds is 6. The zero-order valence-corrected chi connectivity index (χ0v) is 9.16. The Kier molecular flexibility index (Phi) is 6.30. The van der Waals surface area contributed by atoms with E-state index in [0.717, 1.165) is 25.9 Å². The van der Waals surface area contributed by atoms with Crippen LogP contribution < -0.4 is 5.73 Å². The van der Waals surface area contributed by atoms with E-state index >= 15 is 0 Å². The van der Waals surface area contributed by atoms with Crippen molar-refractivity contribution in [1.29, 1.82) is 0 Å². The SMILES string of the molecule is CCC(CC(N)=S)N(CC)CC. The highest BCUT2D eigenvalue weighted by molar-refractivity contribution is 7.80. The fraction of sp³-hybridized carbons (Fsp3) is 0.889. The van der Waals surface area contributed by atoms with Crippen molar-refractivity contribution in [2.45, 2.75) is 39.7 Å². The van der Waals surface area contributed by atoms with Crippen LogP contribution >= 0.6 is 12.2 Å². The molecule has 2 nitrogen and oxygen atoms in total. The standard InChI is InChI=1S/C9H20N2S/c1-4-8(7-9(10)12)11(5-2)6-3/h8H,4-7H2,1-3H3,(H2,10,12). The van der Waals surface area contributed by atoms with E-state index in [1.165, 1.54) is 0 Å². The highest BCUT2D eigenvalue weighted by Gasteiger charge is 2.13. The summed E-state index contributed by atoms with van der Waals surface area (Å²) in [5, 5.41) is 0. The van der Waals surface area contributed by atoms with Gasteiger partial charge in [0.2, 0.25) is 0 Å². The van der Waals surface area contributed by atoms with Gasteiger partial charge in [0.15, 0.2) is 0 Å². The van der Waals surface area contributed by atoms with Crippen molar-refractivity contribution in [2.24, 2.45) is 5.73 Å². The van der Waals surface area contributed by atoms with Crippen LogP contribution in [0.15, 0.2) is 0 Å². The van der Waals surface area contributed by atoms with Gasteiger partial charge in [0.25, 0.3) is 0 Å². The molecule has 0 aromatic rings. The molecule has 0 bridgehead atoms. The van der Waals surface area contributed by atoms with E-state index in [9.17, 15) is 0 Å². The minimum Gasteiger partial charge on any atom is -0.393 e. The van der Waals surface area contributed by atoms with Crippen LogP contribution in [-0.2, 0) is 0 Å². The van der Waals surface area contributed by atoms with Gasteiger partial charge < -0.3 is 10.6 Å². The molecule has 1 atom stereocenters. The molecule has 0 heterocycles. The molecule has 0 aliphatic heterocycles. The fourth-order valence-electron chi connectivity index (χ4n) is 1.50. The van der Waals surface area contributed by atoms with Crippen molar-refractivity contribution < 1.29 is 0 Å². The quantitative estimate of drug-likeness (QED) is 0.644. The zero-order chi connectivity index (χ0) is 9.56. The number of hydrogen-bond donors (Lipinski definition) is 1. The molecule has 0 amide bonds. The Bertz CT molecular complexity index is 132. The topological polar surface area (TPSA) is 29.3 Å². The predicted molar refractivity (Wildman–Crippen MR) is 58.4 cm³/mol. The Morgan fingerprint density at radius 3 is 2.08 bits per heavy atom. The van der Waals surface area contributed by atoms with Crippen molar-refractivity contribution >= 4 is 17.2 Å². The van der Waals surface area contributed by atoms with Crippen LogP contribution in [0.1, 0.15) is 33.6 Å².